The number of carboxylic acid groups (broad SMARTS) is 1. The van der Waals surface area contributed by atoms with Crippen LogP contribution >= 0.6 is 0 Å². The van der Waals surface area contributed by atoms with Gasteiger partial charge in [-0.05, 0) is 24.6 Å². The summed E-state index contributed by atoms with van der Waals surface area (Å²) in [7, 11) is 0. The van der Waals surface area contributed by atoms with Gasteiger partial charge in [0.2, 0.25) is 23.6 Å². The summed E-state index contributed by atoms with van der Waals surface area (Å²) in [5.74, 6) is -4.98. The van der Waals surface area contributed by atoms with Crippen LogP contribution < -0.4 is 27.4 Å². The number of carbonyl (C=O) groups excluding carboxylic acids is 4. The molecule has 1 aromatic heterocycles. The van der Waals surface area contributed by atoms with Crippen LogP contribution in [-0.2, 0) is 36.8 Å². The van der Waals surface area contributed by atoms with Crippen LogP contribution in [0, 0.1) is 0 Å². The summed E-state index contributed by atoms with van der Waals surface area (Å²) in [6.07, 6.45) is 0.529. The van der Waals surface area contributed by atoms with Crippen molar-refractivity contribution in [1.29, 1.82) is 0 Å². The SMILES string of the molecule is CC(O)C(NC(=O)C(Cc1ccc(O)cc1)NC(=O)C(N)CC(N)=O)C(=O)NC(Cc1cnc[nH]1)C(=O)O. The van der Waals surface area contributed by atoms with Gasteiger partial charge in [0.05, 0.1) is 24.9 Å². The molecule has 0 fully saturated rings. The van der Waals surface area contributed by atoms with E-state index in [0.717, 1.165) is 0 Å². The van der Waals surface area contributed by atoms with Crippen molar-refractivity contribution >= 4 is 29.6 Å². The Hall–Kier alpha value is -4.50. The first kappa shape index (κ1) is 29.7. The van der Waals surface area contributed by atoms with E-state index in [1.165, 1.54) is 43.7 Å². The quantitative estimate of drug-likeness (QED) is 0.119. The molecule has 38 heavy (non-hydrogen) atoms. The van der Waals surface area contributed by atoms with Crippen LogP contribution in [0.3, 0.4) is 0 Å². The number of carbonyl (C=O) groups is 5. The minimum Gasteiger partial charge on any atom is -0.508 e. The van der Waals surface area contributed by atoms with Crippen molar-refractivity contribution in [2.75, 3.05) is 0 Å². The Labute approximate surface area is 217 Å². The van der Waals surface area contributed by atoms with Gasteiger partial charge >= 0.3 is 5.97 Å². The van der Waals surface area contributed by atoms with Gasteiger partial charge in [0.15, 0.2) is 0 Å². The minimum absolute atomic E-state index is 0.0313. The number of phenolic OH excluding ortho intramolecular Hbond substituents is 1. The van der Waals surface area contributed by atoms with Crippen molar-refractivity contribution in [1.82, 2.24) is 25.9 Å². The third kappa shape index (κ3) is 9.18. The third-order valence-corrected chi connectivity index (χ3v) is 5.42. The molecule has 5 unspecified atom stereocenters. The number of aromatic hydroxyl groups is 1. The second-order valence-electron chi connectivity index (χ2n) is 8.62. The number of primary amides is 1. The highest BCUT2D eigenvalue weighted by Crippen LogP contribution is 2.12. The van der Waals surface area contributed by atoms with Gasteiger partial charge in [0.1, 0.15) is 23.9 Å². The first-order valence-corrected chi connectivity index (χ1v) is 11.5. The summed E-state index contributed by atoms with van der Waals surface area (Å²) >= 11 is 0. The number of amides is 4. The number of H-pyrrole nitrogens is 1. The van der Waals surface area contributed by atoms with Crippen LogP contribution in [0.5, 0.6) is 5.75 Å². The highest BCUT2D eigenvalue weighted by Gasteiger charge is 2.33. The fourth-order valence-electron chi connectivity index (χ4n) is 3.40. The predicted octanol–water partition coefficient (Wildman–Crippen LogP) is -2.98. The number of hydrogen-bond acceptors (Lipinski definition) is 9. The van der Waals surface area contributed by atoms with Gasteiger partial charge in [-0.25, -0.2) is 9.78 Å². The van der Waals surface area contributed by atoms with Crippen LogP contribution in [0.2, 0.25) is 0 Å². The third-order valence-electron chi connectivity index (χ3n) is 5.42. The molecular formula is C23H31N7O8. The van der Waals surface area contributed by atoms with E-state index in [1.807, 2.05) is 0 Å². The summed E-state index contributed by atoms with van der Waals surface area (Å²) in [6.45, 7) is 1.21. The maximum absolute atomic E-state index is 13.2. The molecule has 4 amide bonds. The summed E-state index contributed by atoms with van der Waals surface area (Å²) in [5, 5.41) is 36.2. The highest BCUT2D eigenvalue weighted by molar-refractivity contribution is 5.95. The monoisotopic (exact) mass is 533 g/mol. The normalized spacial score (nSPS) is 14.8. The number of phenols is 1. The zero-order valence-corrected chi connectivity index (χ0v) is 20.5. The molecule has 0 bridgehead atoms. The number of aliphatic hydroxyl groups is 1. The van der Waals surface area contributed by atoms with Crippen molar-refractivity contribution in [3.8, 4) is 5.75 Å². The Kier molecular flexibility index (Phi) is 10.7. The summed E-state index contributed by atoms with van der Waals surface area (Å²) < 4.78 is 0. The number of hydrogen-bond donors (Lipinski definition) is 9. The van der Waals surface area contributed by atoms with E-state index in [2.05, 4.69) is 25.9 Å². The van der Waals surface area contributed by atoms with E-state index < -0.39 is 66.3 Å². The summed E-state index contributed by atoms with van der Waals surface area (Å²) in [6, 6.07) is 0.0433. The van der Waals surface area contributed by atoms with E-state index in [9.17, 15) is 39.3 Å². The molecule has 206 valence electrons. The van der Waals surface area contributed by atoms with Crippen molar-refractivity contribution < 1.29 is 39.3 Å². The van der Waals surface area contributed by atoms with E-state index in [4.69, 9.17) is 11.5 Å². The topological polar surface area (TPSA) is 263 Å². The Morgan fingerprint density at radius 3 is 2.13 bits per heavy atom. The minimum atomic E-state index is -1.59. The molecule has 15 nitrogen and oxygen atoms in total. The van der Waals surface area contributed by atoms with Gasteiger partial charge < -0.3 is 47.7 Å². The number of aromatic amines is 1. The number of aromatic nitrogens is 2. The zero-order valence-electron chi connectivity index (χ0n) is 20.5. The fourth-order valence-corrected chi connectivity index (χ4v) is 3.40. The Balaban J connectivity index is 2.20. The molecule has 0 radical (unpaired) electrons. The van der Waals surface area contributed by atoms with Crippen LogP contribution in [0.4, 0.5) is 0 Å². The van der Waals surface area contributed by atoms with E-state index in [-0.39, 0.29) is 18.6 Å². The Bertz CT molecular complexity index is 1120. The van der Waals surface area contributed by atoms with Crippen LogP contribution in [-0.4, -0.2) is 85.2 Å². The lowest BCUT2D eigenvalue weighted by Crippen LogP contribution is -2.60. The molecule has 0 saturated heterocycles. The molecule has 0 aliphatic rings. The Morgan fingerprint density at radius 1 is 0.974 bits per heavy atom. The van der Waals surface area contributed by atoms with Crippen LogP contribution in [0.25, 0.3) is 0 Å². The molecule has 0 saturated carbocycles. The van der Waals surface area contributed by atoms with Crippen molar-refractivity contribution in [3.63, 3.8) is 0 Å². The first-order chi connectivity index (χ1) is 17.9. The molecule has 0 spiro atoms. The first-order valence-electron chi connectivity index (χ1n) is 11.5. The predicted molar refractivity (Wildman–Crippen MR) is 131 cm³/mol. The molecule has 2 rings (SSSR count). The molecule has 1 aromatic carbocycles. The number of benzene rings is 1. The van der Waals surface area contributed by atoms with Gasteiger partial charge in [0.25, 0.3) is 0 Å². The summed E-state index contributed by atoms with van der Waals surface area (Å²) in [4.78, 5) is 67.8. The van der Waals surface area contributed by atoms with Crippen molar-refractivity contribution in [3.05, 3.63) is 48.0 Å². The maximum atomic E-state index is 13.2. The maximum Gasteiger partial charge on any atom is 0.326 e. The number of aliphatic carboxylic acids is 1. The van der Waals surface area contributed by atoms with Gasteiger partial charge in [-0.2, -0.15) is 0 Å². The van der Waals surface area contributed by atoms with Gasteiger partial charge in [-0.3, -0.25) is 19.2 Å². The standard InChI is InChI=1S/C23H31N7O8/c1-11(31)19(22(36)29-17(23(37)38)7-13-9-26-10-27-13)30-21(35)16(6-12-2-4-14(32)5-3-12)28-20(34)15(24)8-18(25)33/h2-5,9-11,15-17,19,31-32H,6-8,24H2,1H3,(H2,25,33)(H,26,27)(H,28,34)(H,29,36)(H,30,35)(H,37,38). The fraction of sp³-hybridized carbons (Fsp3) is 0.391. The molecule has 5 atom stereocenters. The molecule has 1 heterocycles. The Morgan fingerprint density at radius 2 is 1.61 bits per heavy atom. The van der Waals surface area contributed by atoms with Crippen LogP contribution in [0.15, 0.2) is 36.8 Å². The molecule has 11 N–H and O–H groups in total. The lowest BCUT2D eigenvalue weighted by atomic mass is 10.0. The van der Waals surface area contributed by atoms with Gasteiger partial charge in [-0.15, -0.1) is 0 Å². The highest BCUT2D eigenvalue weighted by atomic mass is 16.4. The van der Waals surface area contributed by atoms with Crippen molar-refractivity contribution in [2.24, 2.45) is 11.5 Å². The molecule has 2 aromatic rings. The van der Waals surface area contributed by atoms with Gasteiger partial charge in [0, 0.05) is 24.7 Å². The molecule has 0 aliphatic carbocycles. The smallest absolute Gasteiger partial charge is 0.326 e. The largest absolute Gasteiger partial charge is 0.508 e. The average molecular weight is 534 g/mol. The molecular weight excluding hydrogens is 502 g/mol. The number of rotatable bonds is 14. The molecule has 15 heteroatoms. The number of aliphatic hydroxyl groups excluding tert-OH is 1. The number of nitrogens with one attached hydrogen (secondary N) is 4. The van der Waals surface area contributed by atoms with E-state index >= 15 is 0 Å². The van der Waals surface area contributed by atoms with E-state index in [0.29, 0.717) is 11.3 Å². The lowest BCUT2D eigenvalue weighted by Gasteiger charge is -2.26. The second-order valence-corrected chi connectivity index (χ2v) is 8.62. The van der Waals surface area contributed by atoms with Gasteiger partial charge in [-0.1, -0.05) is 12.1 Å². The summed E-state index contributed by atoms with van der Waals surface area (Å²) in [5.41, 5.74) is 11.7. The van der Waals surface area contributed by atoms with E-state index in [1.54, 1.807) is 0 Å². The number of nitrogens with two attached hydrogens (primary N) is 2. The lowest BCUT2D eigenvalue weighted by molar-refractivity contribution is -0.143. The number of carboxylic acids is 1. The number of nitrogens with zero attached hydrogens (tertiary/aromatic N) is 1. The zero-order chi connectivity index (χ0) is 28.4. The average Bonchev–Trinajstić information content (AvgIpc) is 3.35. The molecule has 0 aliphatic heterocycles. The second kappa shape index (κ2) is 13.7. The van der Waals surface area contributed by atoms with Crippen molar-refractivity contribution in [2.45, 2.75) is 56.5 Å². The number of imidazole rings is 1. The van der Waals surface area contributed by atoms with Crippen LogP contribution in [0.1, 0.15) is 24.6 Å².